The lowest BCUT2D eigenvalue weighted by molar-refractivity contribution is 0.517. The van der Waals surface area contributed by atoms with Crippen LogP contribution in [0, 0.1) is 0 Å². The summed E-state index contributed by atoms with van der Waals surface area (Å²) in [5.41, 5.74) is 1.09. The van der Waals surface area contributed by atoms with Crippen LogP contribution in [0.2, 0.25) is 0 Å². The van der Waals surface area contributed by atoms with E-state index in [0.717, 1.165) is 23.0 Å². The molecular weight excluding hydrogens is 292 g/mol. The van der Waals surface area contributed by atoms with E-state index in [-0.39, 0.29) is 0 Å². The Morgan fingerprint density at radius 3 is 2.26 bits per heavy atom. The highest BCUT2D eigenvalue weighted by molar-refractivity contribution is 5.44. The van der Waals surface area contributed by atoms with Crippen LogP contribution >= 0.6 is 0 Å². The summed E-state index contributed by atoms with van der Waals surface area (Å²) in [5, 5.41) is 6.52. The van der Waals surface area contributed by atoms with Gasteiger partial charge >= 0.3 is 0 Å². The first-order valence-corrected chi connectivity index (χ1v) is 7.78. The van der Waals surface area contributed by atoms with Crippen LogP contribution in [0.25, 0.3) is 0 Å². The van der Waals surface area contributed by atoms with Crippen molar-refractivity contribution in [1.82, 2.24) is 9.97 Å². The Kier molecular flexibility index (Phi) is 3.71. The van der Waals surface area contributed by atoms with Gasteiger partial charge in [-0.2, -0.15) is 4.98 Å². The molecule has 1 aliphatic carbocycles. The molecule has 23 heavy (non-hydrogen) atoms. The molecule has 3 aromatic rings. The number of furan rings is 2. The van der Waals surface area contributed by atoms with Gasteiger partial charge in [-0.1, -0.05) is 0 Å². The van der Waals surface area contributed by atoms with Crippen LogP contribution in [-0.4, -0.2) is 9.97 Å². The standard InChI is InChI=1S/C17H18N4O2/c1-3-13(22-7-1)10-18-16-9-15(12-5-6-12)20-17(21-16)19-11-14-4-2-8-23-14/h1-4,7-9,12H,5-6,10-11H2,(H2,18,19,20,21). The van der Waals surface area contributed by atoms with Gasteiger partial charge < -0.3 is 19.5 Å². The zero-order valence-corrected chi connectivity index (χ0v) is 12.7. The number of hydrogen-bond acceptors (Lipinski definition) is 6. The van der Waals surface area contributed by atoms with E-state index < -0.39 is 0 Å². The fourth-order valence-electron chi connectivity index (χ4n) is 2.39. The lowest BCUT2D eigenvalue weighted by Gasteiger charge is -2.10. The van der Waals surface area contributed by atoms with Gasteiger partial charge in [0.2, 0.25) is 5.95 Å². The van der Waals surface area contributed by atoms with Gasteiger partial charge in [-0.15, -0.1) is 0 Å². The summed E-state index contributed by atoms with van der Waals surface area (Å²) in [6.45, 7) is 1.17. The van der Waals surface area contributed by atoms with E-state index in [1.807, 2.05) is 30.3 Å². The summed E-state index contributed by atoms with van der Waals surface area (Å²) in [6.07, 6.45) is 5.73. The summed E-state index contributed by atoms with van der Waals surface area (Å²) in [4.78, 5) is 9.14. The minimum Gasteiger partial charge on any atom is -0.467 e. The Morgan fingerprint density at radius 2 is 1.65 bits per heavy atom. The third kappa shape index (κ3) is 3.53. The Morgan fingerprint density at radius 1 is 0.957 bits per heavy atom. The largest absolute Gasteiger partial charge is 0.467 e. The maximum Gasteiger partial charge on any atom is 0.225 e. The van der Waals surface area contributed by atoms with Crippen molar-refractivity contribution < 1.29 is 8.83 Å². The van der Waals surface area contributed by atoms with Crippen LogP contribution in [0.15, 0.2) is 51.7 Å². The highest BCUT2D eigenvalue weighted by atomic mass is 16.3. The molecule has 3 aromatic heterocycles. The molecule has 0 aromatic carbocycles. The Labute approximate surface area is 133 Å². The zero-order chi connectivity index (χ0) is 15.5. The van der Waals surface area contributed by atoms with Crippen molar-refractivity contribution >= 4 is 11.8 Å². The molecule has 6 heteroatoms. The number of rotatable bonds is 7. The second-order valence-corrected chi connectivity index (χ2v) is 5.64. The third-order valence-corrected chi connectivity index (χ3v) is 3.77. The van der Waals surface area contributed by atoms with Gasteiger partial charge in [0.05, 0.1) is 31.3 Å². The first-order valence-electron chi connectivity index (χ1n) is 7.78. The third-order valence-electron chi connectivity index (χ3n) is 3.77. The quantitative estimate of drug-likeness (QED) is 0.692. The average Bonchev–Trinajstić information content (AvgIpc) is 3.07. The van der Waals surface area contributed by atoms with E-state index in [1.165, 1.54) is 12.8 Å². The average molecular weight is 310 g/mol. The molecule has 6 nitrogen and oxygen atoms in total. The van der Waals surface area contributed by atoms with Crippen molar-refractivity contribution in [2.45, 2.75) is 31.8 Å². The van der Waals surface area contributed by atoms with Gasteiger partial charge in [0.25, 0.3) is 0 Å². The number of anilines is 2. The maximum absolute atomic E-state index is 5.34. The summed E-state index contributed by atoms with van der Waals surface area (Å²) < 4.78 is 10.7. The van der Waals surface area contributed by atoms with Gasteiger partial charge in [-0.05, 0) is 37.1 Å². The second-order valence-electron chi connectivity index (χ2n) is 5.64. The van der Waals surface area contributed by atoms with Crippen LogP contribution in [0.1, 0.15) is 36.0 Å². The number of aromatic nitrogens is 2. The number of nitrogens with zero attached hydrogens (tertiary/aromatic N) is 2. The molecule has 118 valence electrons. The van der Waals surface area contributed by atoms with Crippen LogP contribution in [0.4, 0.5) is 11.8 Å². The van der Waals surface area contributed by atoms with Crippen LogP contribution in [-0.2, 0) is 13.1 Å². The molecule has 2 N–H and O–H groups in total. The number of nitrogens with one attached hydrogen (secondary N) is 2. The molecule has 0 aliphatic heterocycles. The predicted molar refractivity (Wildman–Crippen MR) is 86.1 cm³/mol. The zero-order valence-electron chi connectivity index (χ0n) is 12.7. The van der Waals surface area contributed by atoms with Crippen LogP contribution < -0.4 is 10.6 Å². The van der Waals surface area contributed by atoms with E-state index >= 15 is 0 Å². The van der Waals surface area contributed by atoms with Crippen LogP contribution in [0.5, 0.6) is 0 Å². The van der Waals surface area contributed by atoms with E-state index in [1.54, 1.807) is 12.5 Å². The van der Waals surface area contributed by atoms with Crippen molar-refractivity contribution in [1.29, 1.82) is 0 Å². The molecule has 3 heterocycles. The smallest absolute Gasteiger partial charge is 0.225 e. The Hall–Kier alpha value is -2.76. The normalized spacial score (nSPS) is 13.9. The van der Waals surface area contributed by atoms with Gasteiger partial charge in [0.1, 0.15) is 17.3 Å². The van der Waals surface area contributed by atoms with E-state index in [9.17, 15) is 0 Å². The van der Waals surface area contributed by atoms with Crippen molar-refractivity contribution in [3.63, 3.8) is 0 Å². The highest BCUT2D eigenvalue weighted by Gasteiger charge is 2.26. The first-order chi connectivity index (χ1) is 11.4. The van der Waals surface area contributed by atoms with Gasteiger partial charge in [-0.25, -0.2) is 4.98 Å². The van der Waals surface area contributed by atoms with Crippen molar-refractivity contribution in [3.8, 4) is 0 Å². The fraction of sp³-hybridized carbons (Fsp3) is 0.294. The number of hydrogen-bond donors (Lipinski definition) is 2. The molecule has 0 atom stereocenters. The minimum atomic E-state index is 0.561. The molecular formula is C17H18N4O2. The molecule has 0 radical (unpaired) electrons. The second kappa shape index (κ2) is 6.16. The van der Waals surface area contributed by atoms with E-state index in [0.29, 0.717) is 25.0 Å². The lowest BCUT2D eigenvalue weighted by atomic mass is 10.3. The van der Waals surface area contributed by atoms with Gasteiger partial charge in [0, 0.05) is 12.0 Å². The summed E-state index contributed by atoms with van der Waals surface area (Å²) in [7, 11) is 0. The Bertz CT molecular complexity index is 693. The molecule has 0 bridgehead atoms. The van der Waals surface area contributed by atoms with Gasteiger partial charge in [-0.3, -0.25) is 0 Å². The van der Waals surface area contributed by atoms with Crippen LogP contribution in [0.3, 0.4) is 0 Å². The molecule has 0 saturated heterocycles. The predicted octanol–water partition coefficient (Wildman–Crippen LogP) is 3.76. The molecule has 1 aliphatic rings. The molecule has 4 rings (SSSR count). The maximum atomic E-state index is 5.34. The molecule has 1 fully saturated rings. The molecule has 0 spiro atoms. The molecule has 1 saturated carbocycles. The lowest BCUT2D eigenvalue weighted by Crippen LogP contribution is -2.08. The van der Waals surface area contributed by atoms with E-state index in [2.05, 4.69) is 20.6 Å². The van der Waals surface area contributed by atoms with Crippen molar-refractivity contribution in [2.24, 2.45) is 0 Å². The van der Waals surface area contributed by atoms with Gasteiger partial charge in [0.15, 0.2) is 0 Å². The SMILES string of the molecule is c1coc(CNc2cc(C3CC3)nc(NCc3ccco3)n2)c1. The minimum absolute atomic E-state index is 0.561. The highest BCUT2D eigenvalue weighted by Crippen LogP contribution is 2.39. The fourth-order valence-corrected chi connectivity index (χ4v) is 2.39. The van der Waals surface area contributed by atoms with Crippen molar-refractivity contribution in [3.05, 3.63) is 60.1 Å². The summed E-state index contributed by atoms with van der Waals surface area (Å²) in [5.74, 6) is 3.72. The summed E-state index contributed by atoms with van der Waals surface area (Å²) >= 11 is 0. The molecule has 0 amide bonds. The molecule has 0 unspecified atom stereocenters. The monoisotopic (exact) mass is 310 g/mol. The topological polar surface area (TPSA) is 76.1 Å². The van der Waals surface area contributed by atoms with E-state index in [4.69, 9.17) is 8.83 Å². The Balaban J connectivity index is 1.48. The first kappa shape index (κ1) is 13.9. The van der Waals surface area contributed by atoms with Crippen molar-refractivity contribution in [2.75, 3.05) is 10.6 Å². The summed E-state index contributed by atoms with van der Waals surface area (Å²) in [6, 6.07) is 9.64.